The molecule has 142 valence electrons. The van der Waals surface area contributed by atoms with Crippen molar-refractivity contribution in [1.29, 1.82) is 0 Å². The first-order valence-corrected chi connectivity index (χ1v) is 8.26. The Morgan fingerprint density at radius 2 is 2.04 bits per heavy atom. The summed E-state index contributed by atoms with van der Waals surface area (Å²) >= 11 is 0. The molecule has 0 aromatic heterocycles. The van der Waals surface area contributed by atoms with Crippen molar-refractivity contribution in [1.82, 2.24) is 20.3 Å². The van der Waals surface area contributed by atoms with Gasteiger partial charge < -0.3 is 10.0 Å². The van der Waals surface area contributed by atoms with Gasteiger partial charge in [0.15, 0.2) is 0 Å². The van der Waals surface area contributed by atoms with Crippen molar-refractivity contribution in [3.05, 3.63) is 0 Å². The van der Waals surface area contributed by atoms with Gasteiger partial charge in [-0.1, -0.05) is 0 Å². The van der Waals surface area contributed by atoms with Gasteiger partial charge in [0, 0.05) is 12.1 Å². The maximum Gasteiger partial charge on any atom is 0.408 e. The molecule has 0 aliphatic carbocycles. The van der Waals surface area contributed by atoms with E-state index < -0.39 is 35.7 Å². The number of fused-ring (bicyclic) bond motifs is 2. The van der Waals surface area contributed by atoms with Crippen LogP contribution in [0.4, 0.5) is 9.59 Å². The molecule has 10 heteroatoms. The van der Waals surface area contributed by atoms with Gasteiger partial charge in [-0.15, -0.1) is 0 Å². The van der Waals surface area contributed by atoms with Gasteiger partial charge in [0.1, 0.15) is 6.04 Å². The molecule has 2 fully saturated rings. The predicted octanol–water partition coefficient (Wildman–Crippen LogP) is 0.859. The average molecular weight is 358 g/mol. The van der Waals surface area contributed by atoms with Crippen molar-refractivity contribution in [3.63, 3.8) is 0 Å². The van der Waals surface area contributed by atoms with Gasteiger partial charge in [0.25, 0.3) is 5.91 Å². The van der Waals surface area contributed by atoms with Gasteiger partial charge in [-0.2, -0.15) is 0 Å². The van der Waals surface area contributed by atoms with Crippen LogP contribution in [0.15, 0.2) is 0 Å². The summed E-state index contributed by atoms with van der Waals surface area (Å²) in [7, 11) is 0. The van der Waals surface area contributed by atoms with Crippen molar-refractivity contribution < 1.29 is 29.5 Å². The molecule has 25 heavy (non-hydrogen) atoms. The Balaban J connectivity index is 1.86. The molecule has 2 heterocycles. The summed E-state index contributed by atoms with van der Waals surface area (Å²) in [5.74, 6) is -0.480. The molecule has 2 rings (SSSR count). The summed E-state index contributed by atoms with van der Waals surface area (Å²) in [6.07, 6.45) is -0.107. The van der Waals surface area contributed by atoms with Crippen molar-refractivity contribution >= 4 is 18.0 Å². The first-order chi connectivity index (χ1) is 11.5. The molecule has 3 N–H and O–H groups in total. The number of hydrogen-bond acceptors (Lipinski definition) is 5. The lowest BCUT2D eigenvalue weighted by Gasteiger charge is -2.37. The molecule has 0 aromatic carbocycles. The van der Waals surface area contributed by atoms with Gasteiger partial charge in [0.2, 0.25) is 0 Å². The van der Waals surface area contributed by atoms with E-state index in [9.17, 15) is 24.7 Å². The highest BCUT2D eigenvalue weighted by atomic mass is 16.7. The van der Waals surface area contributed by atoms with Crippen LogP contribution in [0, 0.1) is 0 Å². The number of amides is 4. The van der Waals surface area contributed by atoms with Crippen LogP contribution in [0.25, 0.3) is 0 Å². The highest BCUT2D eigenvalue weighted by Crippen LogP contribution is 2.28. The van der Waals surface area contributed by atoms with Crippen molar-refractivity contribution in [2.24, 2.45) is 0 Å². The second-order valence-corrected chi connectivity index (χ2v) is 7.48. The number of nitrogens with zero attached hydrogens (tertiary/aromatic N) is 3. The van der Waals surface area contributed by atoms with E-state index in [1.54, 1.807) is 27.7 Å². The number of hydrogen-bond donors (Lipinski definition) is 3. The number of carbonyl (C=O) groups excluding carboxylic acids is 2. The highest BCUT2D eigenvalue weighted by molar-refractivity contribution is 5.87. The largest absolute Gasteiger partial charge is 0.465 e. The Labute approximate surface area is 146 Å². The number of carbonyl (C=O) groups is 3. The Morgan fingerprint density at radius 1 is 1.40 bits per heavy atom. The van der Waals surface area contributed by atoms with Gasteiger partial charge in [-0.05, 0) is 40.5 Å². The standard InChI is InChI=1S/C15H26N4O6/c1-9(18(14(22)23)15(2,3)4)8-25-16-12(20)11-6-5-10-7-17(11)13(21)19(10)24/h9-11,24H,5-8H2,1-4H3,(H,16,20)(H,22,23)/t9-,10-,11+/m1/s1. The molecule has 2 bridgehead atoms. The molecule has 2 aliphatic rings. The number of nitrogens with one attached hydrogen (secondary N) is 1. The molecular weight excluding hydrogens is 332 g/mol. The van der Waals surface area contributed by atoms with E-state index in [-0.39, 0.29) is 12.6 Å². The zero-order chi connectivity index (χ0) is 18.9. The molecule has 0 spiro atoms. The van der Waals surface area contributed by atoms with Crippen LogP contribution >= 0.6 is 0 Å². The summed E-state index contributed by atoms with van der Waals surface area (Å²) in [6, 6.07) is -2.03. The monoisotopic (exact) mass is 358 g/mol. The van der Waals surface area contributed by atoms with E-state index in [0.717, 1.165) is 0 Å². The molecule has 0 unspecified atom stereocenters. The smallest absolute Gasteiger partial charge is 0.408 e. The lowest BCUT2D eigenvalue weighted by atomic mass is 10.0. The summed E-state index contributed by atoms with van der Waals surface area (Å²) in [4.78, 5) is 43.3. The summed E-state index contributed by atoms with van der Waals surface area (Å²) in [5.41, 5.74) is 1.69. The molecule has 2 saturated heterocycles. The fourth-order valence-electron chi connectivity index (χ4n) is 3.44. The third kappa shape index (κ3) is 3.96. The van der Waals surface area contributed by atoms with E-state index >= 15 is 0 Å². The van der Waals surface area contributed by atoms with E-state index in [2.05, 4.69) is 5.48 Å². The zero-order valence-electron chi connectivity index (χ0n) is 14.9. The summed E-state index contributed by atoms with van der Waals surface area (Å²) in [6.45, 7) is 7.28. The van der Waals surface area contributed by atoms with Crippen LogP contribution in [-0.2, 0) is 9.63 Å². The second-order valence-electron chi connectivity index (χ2n) is 7.48. The Hall–Kier alpha value is -2.07. The van der Waals surface area contributed by atoms with Crippen LogP contribution < -0.4 is 5.48 Å². The number of hydroxylamine groups is 3. The lowest BCUT2D eigenvalue weighted by Crippen LogP contribution is -2.53. The Morgan fingerprint density at radius 3 is 2.60 bits per heavy atom. The summed E-state index contributed by atoms with van der Waals surface area (Å²) < 4.78 is 0. The fraction of sp³-hybridized carbons (Fsp3) is 0.800. The fourth-order valence-corrected chi connectivity index (χ4v) is 3.44. The first-order valence-electron chi connectivity index (χ1n) is 8.26. The van der Waals surface area contributed by atoms with Crippen LogP contribution in [0.1, 0.15) is 40.5 Å². The van der Waals surface area contributed by atoms with Crippen LogP contribution in [0.5, 0.6) is 0 Å². The van der Waals surface area contributed by atoms with Crippen LogP contribution in [0.3, 0.4) is 0 Å². The maximum absolute atomic E-state index is 12.3. The topological polar surface area (TPSA) is 123 Å². The minimum Gasteiger partial charge on any atom is -0.465 e. The molecule has 3 atom stereocenters. The van der Waals surface area contributed by atoms with E-state index in [1.807, 2.05) is 0 Å². The molecule has 4 amide bonds. The van der Waals surface area contributed by atoms with Gasteiger partial charge in [-0.3, -0.25) is 19.7 Å². The highest BCUT2D eigenvalue weighted by Gasteiger charge is 2.46. The third-order valence-electron chi connectivity index (χ3n) is 4.51. The maximum atomic E-state index is 12.3. The number of piperidine rings is 1. The predicted molar refractivity (Wildman–Crippen MR) is 85.7 cm³/mol. The number of carboxylic acid groups (broad SMARTS) is 1. The van der Waals surface area contributed by atoms with E-state index in [1.165, 1.54) is 9.80 Å². The minimum atomic E-state index is -1.07. The van der Waals surface area contributed by atoms with Crippen molar-refractivity contribution in [2.75, 3.05) is 13.2 Å². The first kappa shape index (κ1) is 19.3. The van der Waals surface area contributed by atoms with Crippen molar-refractivity contribution in [3.8, 4) is 0 Å². The molecule has 0 aromatic rings. The molecule has 2 aliphatic heterocycles. The SMILES string of the molecule is C[C@H](CONC(=O)[C@@H]1CC[C@@H]2CN1C(=O)N2O)N(C(=O)O)C(C)(C)C. The second kappa shape index (κ2) is 7.04. The average Bonchev–Trinajstić information content (AvgIpc) is 2.70. The normalized spacial score (nSPS) is 24.3. The van der Waals surface area contributed by atoms with E-state index in [0.29, 0.717) is 24.4 Å². The molecule has 10 nitrogen and oxygen atoms in total. The van der Waals surface area contributed by atoms with E-state index in [4.69, 9.17) is 4.84 Å². The minimum absolute atomic E-state index is 0.0231. The Kier molecular flexibility index (Phi) is 5.43. The molecular formula is C15H26N4O6. The Bertz CT molecular complexity index is 549. The van der Waals surface area contributed by atoms with Crippen LogP contribution in [-0.4, -0.2) is 80.0 Å². The van der Waals surface area contributed by atoms with Crippen molar-refractivity contribution in [2.45, 2.75) is 64.2 Å². The third-order valence-corrected chi connectivity index (χ3v) is 4.51. The van der Waals surface area contributed by atoms with Gasteiger partial charge in [0.05, 0.1) is 18.7 Å². The quantitative estimate of drug-likeness (QED) is 0.495. The van der Waals surface area contributed by atoms with Gasteiger partial charge in [-0.25, -0.2) is 20.1 Å². The zero-order valence-corrected chi connectivity index (χ0v) is 14.9. The van der Waals surface area contributed by atoms with Gasteiger partial charge >= 0.3 is 12.1 Å². The van der Waals surface area contributed by atoms with Crippen LogP contribution in [0.2, 0.25) is 0 Å². The number of urea groups is 1. The molecule has 0 radical (unpaired) electrons. The molecule has 0 saturated carbocycles. The lowest BCUT2D eigenvalue weighted by molar-refractivity contribution is -0.140. The summed E-state index contributed by atoms with van der Waals surface area (Å²) in [5, 5.41) is 19.6. The number of rotatable bonds is 5.